The predicted octanol–water partition coefficient (Wildman–Crippen LogP) is 3.23. The van der Waals surface area contributed by atoms with Gasteiger partial charge in [-0.1, -0.05) is 20.8 Å². The van der Waals surface area contributed by atoms with Crippen molar-refractivity contribution >= 4 is 18.3 Å². The molecule has 4 heteroatoms. The summed E-state index contributed by atoms with van der Waals surface area (Å²) in [5.41, 5.74) is 0.709. The van der Waals surface area contributed by atoms with E-state index in [1.165, 1.54) is 25.7 Å². The highest BCUT2D eigenvalue weighted by Gasteiger charge is 2.59. The highest BCUT2D eigenvalue weighted by molar-refractivity contribution is 5.85. The number of halogens is 1. The van der Waals surface area contributed by atoms with Crippen LogP contribution < -0.4 is 5.32 Å². The number of carbonyl (C=O) groups excluding carboxylic acids is 1. The molecule has 2 aliphatic heterocycles. The van der Waals surface area contributed by atoms with Crippen molar-refractivity contribution in [1.29, 1.82) is 0 Å². The Morgan fingerprint density at radius 2 is 1.95 bits per heavy atom. The fourth-order valence-electron chi connectivity index (χ4n) is 4.42. The van der Waals surface area contributed by atoms with Crippen molar-refractivity contribution in [1.82, 2.24) is 10.2 Å². The smallest absolute Gasteiger partial charge is 0.226 e. The van der Waals surface area contributed by atoms with Crippen LogP contribution in [0.5, 0.6) is 0 Å². The molecule has 0 aromatic heterocycles. The van der Waals surface area contributed by atoms with E-state index in [0.717, 1.165) is 32.5 Å². The molecule has 3 nitrogen and oxygen atoms in total. The van der Waals surface area contributed by atoms with E-state index in [2.05, 4.69) is 31.0 Å². The van der Waals surface area contributed by atoms with Crippen LogP contribution in [0.4, 0.5) is 0 Å². The van der Waals surface area contributed by atoms with Gasteiger partial charge in [-0.25, -0.2) is 0 Å². The minimum Gasteiger partial charge on any atom is -0.339 e. The quantitative estimate of drug-likeness (QED) is 0.848. The molecule has 0 bridgehead atoms. The molecule has 0 aromatic rings. The largest absolute Gasteiger partial charge is 0.339 e. The Morgan fingerprint density at radius 3 is 2.57 bits per heavy atom. The Hall–Kier alpha value is -0.280. The molecule has 0 aromatic carbocycles. The molecule has 3 rings (SSSR count). The normalized spacial score (nSPS) is 31.1. The number of rotatable bonds is 2. The van der Waals surface area contributed by atoms with E-state index in [4.69, 9.17) is 0 Å². The third-order valence-corrected chi connectivity index (χ3v) is 5.60. The molecule has 1 aliphatic carbocycles. The minimum atomic E-state index is 0. The van der Waals surface area contributed by atoms with Crippen LogP contribution in [0.15, 0.2) is 0 Å². The molecule has 3 fully saturated rings. The zero-order valence-corrected chi connectivity index (χ0v) is 14.6. The van der Waals surface area contributed by atoms with E-state index in [-0.39, 0.29) is 12.4 Å². The van der Waals surface area contributed by atoms with Crippen molar-refractivity contribution in [3.8, 4) is 0 Å². The Labute approximate surface area is 135 Å². The molecular formula is C17H31ClN2O. The first kappa shape index (κ1) is 17.1. The molecule has 21 heavy (non-hydrogen) atoms. The average molecular weight is 315 g/mol. The van der Waals surface area contributed by atoms with E-state index < -0.39 is 0 Å². The molecule has 122 valence electrons. The lowest BCUT2D eigenvalue weighted by atomic mass is 9.87. The molecule has 1 amide bonds. The van der Waals surface area contributed by atoms with Gasteiger partial charge in [0.1, 0.15) is 0 Å². The van der Waals surface area contributed by atoms with Crippen LogP contribution in [0.2, 0.25) is 0 Å². The third kappa shape index (κ3) is 3.56. The average Bonchev–Trinajstić information content (AvgIpc) is 2.86. The number of amides is 1. The maximum Gasteiger partial charge on any atom is 0.226 e. The standard InChI is InChI=1S/C17H30N2O.ClH/c1-16(2,3)11-13-5-4-10-19(13)15(20)14-12-17(14)6-8-18-9-7-17;/h13-14,18H,4-12H2,1-3H3;1H. The highest BCUT2D eigenvalue weighted by Crippen LogP contribution is 2.59. The molecular weight excluding hydrogens is 284 g/mol. The SMILES string of the molecule is CC(C)(C)CC1CCCN1C(=O)C1CC12CCNCC2.Cl. The number of nitrogens with zero attached hydrogens (tertiary/aromatic N) is 1. The van der Waals surface area contributed by atoms with Gasteiger partial charge in [0, 0.05) is 18.5 Å². The van der Waals surface area contributed by atoms with Gasteiger partial charge in [-0.05, 0) is 62.4 Å². The molecule has 1 spiro atoms. The van der Waals surface area contributed by atoms with Crippen molar-refractivity contribution in [3.63, 3.8) is 0 Å². The second kappa shape index (κ2) is 6.08. The first-order valence-electron chi connectivity index (χ1n) is 8.43. The summed E-state index contributed by atoms with van der Waals surface area (Å²) in [7, 11) is 0. The number of nitrogens with one attached hydrogen (secondary N) is 1. The zero-order valence-electron chi connectivity index (χ0n) is 13.8. The molecule has 2 atom stereocenters. The van der Waals surface area contributed by atoms with Crippen LogP contribution in [-0.4, -0.2) is 36.5 Å². The summed E-state index contributed by atoms with van der Waals surface area (Å²) in [4.78, 5) is 15.1. The van der Waals surface area contributed by atoms with Crippen LogP contribution in [0.3, 0.4) is 0 Å². The van der Waals surface area contributed by atoms with Crippen molar-refractivity contribution < 1.29 is 4.79 Å². The van der Waals surface area contributed by atoms with Gasteiger partial charge >= 0.3 is 0 Å². The van der Waals surface area contributed by atoms with Gasteiger partial charge in [0.25, 0.3) is 0 Å². The molecule has 2 heterocycles. The summed E-state index contributed by atoms with van der Waals surface area (Å²) in [6, 6.07) is 0.502. The summed E-state index contributed by atoms with van der Waals surface area (Å²) < 4.78 is 0. The summed E-state index contributed by atoms with van der Waals surface area (Å²) in [5, 5.41) is 3.42. The maximum absolute atomic E-state index is 12.9. The zero-order chi connectivity index (χ0) is 14.4. The van der Waals surface area contributed by atoms with Gasteiger partial charge in [-0.2, -0.15) is 0 Å². The highest BCUT2D eigenvalue weighted by atomic mass is 35.5. The van der Waals surface area contributed by atoms with Gasteiger partial charge in [-0.3, -0.25) is 4.79 Å². The molecule has 2 unspecified atom stereocenters. The fraction of sp³-hybridized carbons (Fsp3) is 0.941. The van der Waals surface area contributed by atoms with E-state index in [1.54, 1.807) is 0 Å². The molecule has 2 saturated heterocycles. The first-order chi connectivity index (χ1) is 9.41. The maximum atomic E-state index is 12.9. The van der Waals surface area contributed by atoms with Crippen LogP contribution in [0.25, 0.3) is 0 Å². The second-order valence-electron chi connectivity index (χ2n) is 8.46. The number of piperidine rings is 1. The number of hydrogen-bond acceptors (Lipinski definition) is 2. The Morgan fingerprint density at radius 1 is 1.29 bits per heavy atom. The van der Waals surface area contributed by atoms with E-state index >= 15 is 0 Å². The van der Waals surface area contributed by atoms with Gasteiger partial charge in [0.05, 0.1) is 0 Å². The Kier molecular flexibility index (Phi) is 4.94. The molecule has 1 N–H and O–H groups in total. The van der Waals surface area contributed by atoms with Crippen LogP contribution in [0, 0.1) is 16.7 Å². The number of likely N-dealkylation sites (tertiary alicyclic amines) is 1. The summed E-state index contributed by atoms with van der Waals surface area (Å²) in [5.74, 6) is 0.837. The van der Waals surface area contributed by atoms with Gasteiger partial charge in [0.2, 0.25) is 5.91 Å². The first-order valence-corrected chi connectivity index (χ1v) is 8.43. The Bertz CT molecular complexity index is 385. The lowest BCUT2D eigenvalue weighted by molar-refractivity contribution is -0.134. The van der Waals surface area contributed by atoms with E-state index in [1.807, 2.05) is 0 Å². The number of carbonyl (C=O) groups is 1. The summed E-state index contributed by atoms with van der Waals surface area (Å²) >= 11 is 0. The molecule has 3 aliphatic rings. The van der Waals surface area contributed by atoms with E-state index in [9.17, 15) is 4.79 Å². The van der Waals surface area contributed by atoms with Crippen LogP contribution in [-0.2, 0) is 4.79 Å². The van der Waals surface area contributed by atoms with Crippen LogP contribution in [0.1, 0.15) is 59.3 Å². The van der Waals surface area contributed by atoms with Crippen molar-refractivity contribution in [2.24, 2.45) is 16.7 Å². The Balaban J connectivity index is 0.00000161. The van der Waals surface area contributed by atoms with Crippen molar-refractivity contribution in [3.05, 3.63) is 0 Å². The van der Waals surface area contributed by atoms with Gasteiger partial charge in [0.15, 0.2) is 0 Å². The minimum absolute atomic E-state index is 0. The van der Waals surface area contributed by atoms with E-state index in [0.29, 0.717) is 28.7 Å². The number of hydrogen-bond donors (Lipinski definition) is 1. The van der Waals surface area contributed by atoms with Gasteiger partial charge in [-0.15, -0.1) is 12.4 Å². The topological polar surface area (TPSA) is 32.3 Å². The summed E-state index contributed by atoms with van der Waals surface area (Å²) in [6.45, 7) is 10.1. The summed E-state index contributed by atoms with van der Waals surface area (Å²) in [6.07, 6.45) is 7.15. The third-order valence-electron chi connectivity index (χ3n) is 5.60. The molecule has 0 radical (unpaired) electrons. The predicted molar refractivity (Wildman–Crippen MR) is 88.7 cm³/mol. The van der Waals surface area contributed by atoms with Crippen molar-refractivity contribution in [2.75, 3.05) is 19.6 Å². The molecule has 1 saturated carbocycles. The monoisotopic (exact) mass is 314 g/mol. The lowest BCUT2D eigenvalue weighted by Gasteiger charge is -2.32. The second-order valence-corrected chi connectivity index (χ2v) is 8.46. The fourth-order valence-corrected chi connectivity index (χ4v) is 4.42. The van der Waals surface area contributed by atoms with Gasteiger partial charge < -0.3 is 10.2 Å². The lowest BCUT2D eigenvalue weighted by Crippen LogP contribution is -2.40. The van der Waals surface area contributed by atoms with Crippen LogP contribution >= 0.6 is 12.4 Å². The van der Waals surface area contributed by atoms with Crippen molar-refractivity contribution in [2.45, 2.75) is 65.3 Å².